The second-order valence-corrected chi connectivity index (χ2v) is 5.28. The maximum atomic E-state index is 11.2. The molecule has 0 atom stereocenters. The standard InChI is InChI=1S/C13H25N5O2/c1-6-7-11-12(18(19)20)13(17(5)15-11)14-8-9-16(4)10(2)3/h10,14H,6-9H2,1-5H3. The van der Waals surface area contributed by atoms with Gasteiger partial charge in [0.2, 0.25) is 5.82 Å². The van der Waals surface area contributed by atoms with Gasteiger partial charge in [-0.15, -0.1) is 0 Å². The number of nitrogens with one attached hydrogen (secondary N) is 1. The fourth-order valence-electron chi connectivity index (χ4n) is 1.97. The summed E-state index contributed by atoms with van der Waals surface area (Å²) in [5.74, 6) is 0.496. The minimum Gasteiger partial charge on any atom is -0.363 e. The molecular weight excluding hydrogens is 258 g/mol. The Morgan fingerprint density at radius 2 is 2.15 bits per heavy atom. The van der Waals surface area contributed by atoms with E-state index in [-0.39, 0.29) is 10.6 Å². The van der Waals surface area contributed by atoms with E-state index in [2.05, 4.69) is 29.2 Å². The molecule has 0 unspecified atom stereocenters. The predicted octanol–water partition coefficient (Wildman–Crippen LogP) is 2.03. The topological polar surface area (TPSA) is 76.2 Å². The van der Waals surface area contributed by atoms with Gasteiger partial charge in [0.25, 0.3) is 0 Å². The van der Waals surface area contributed by atoms with Gasteiger partial charge < -0.3 is 10.2 Å². The Bertz CT molecular complexity index is 456. The molecule has 0 bridgehead atoms. The fourth-order valence-corrected chi connectivity index (χ4v) is 1.97. The first-order valence-corrected chi connectivity index (χ1v) is 7.02. The van der Waals surface area contributed by atoms with Crippen LogP contribution in [0.15, 0.2) is 0 Å². The van der Waals surface area contributed by atoms with Crippen LogP contribution < -0.4 is 5.32 Å². The third-order valence-electron chi connectivity index (χ3n) is 3.40. The molecule has 0 saturated carbocycles. The zero-order valence-corrected chi connectivity index (χ0v) is 13.0. The zero-order chi connectivity index (χ0) is 15.3. The molecule has 20 heavy (non-hydrogen) atoms. The molecule has 0 fully saturated rings. The number of anilines is 1. The number of hydrogen-bond acceptors (Lipinski definition) is 5. The van der Waals surface area contributed by atoms with Crippen LogP contribution in [0.3, 0.4) is 0 Å². The quantitative estimate of drug-likeness (QED) is 0.583. The lowest BCUT2D eigenvalue weighted by atomic mass is 10.2. The molecule has 0 spiro atoms. The van der Waals surface area contributed by atoms with Crippen LogP contribution in [0, 0.1) is 10.1 Å². The summed E-state index contributed by atoms with van der Waals surface area (Å²) < 4.78 is 1.57. The van der Waals surface area contributed by atoms with E-state index in [0.717, 1.165) is 13.0 Å². The second-order valence-electron chi connectivity index (χ2n) is 5.28. The summed E-state index contributed by atoms with van der Waals surface area (Å²) in [6.07, 6.45) is 1.46. The Hall–Kier alpha value is -1.63. The van der Waals surface area contributed by atoms with Crippen LogP contribution >= 0.6 is 0 Å². The highest BCUT2D eigenvalue weighted by atomic mass is 16.6. The van der Waals surface area contributed by atoms with Crippen LogP contribution in [0.1, 0.15) is 32.9 Å². The van der Waals surface area contributed by atoms with Gasteiger partial charge in [0, 0.05) is 26.2 Å². The monoisotopic (exact) mass is 283 g/mol. The van der Waals surface area contributed by atoms with Gasteiger partial charge in [0.15, 0.2) is 0 Å². The van der Waals surface area contributed by atoms with Gasteiger partial charge in [-0.25, -0.2) is 4.68 Å². The van der Waals surface area contributed by atoms with Gasteiger partial charge in [0.1, 0.15) is 5.69 Å². The SMILES string of the molecule is CCCc1nn(C)c(NCCN(C)C(C)C)c1[N+](=O)[O-]. The number of nitrogens with zero attached hydrogens (tertiary/aromatic N) is 4. The Labute approximate surface area is 120 Å². The summed E-state index contributed by atoms with van der Waals surface area (Å²) in [4.78, 5) is 13.1. The van der Waals surface area contributed by atoms with E-state index in [4.69, 9.17) is 0 Å². The number of likely N-dealkylation sites (N-methyl/N-ethyl adjacent to an activating group) is 1. The van der Waals surface area contributed by atoms with E-state index in [9.17, 15) is 10.1 Å². The van der Waals surface area contributed by atoms with E-state index in [1.165, 1.54) is 0 Å². The second kappa shape index (κ2) is 7.23. The third kappa shape index (κ3) is 3.93. The average molecular weight is 283 g/mol. The van der Waals surface area contributed by atoms with Crippen molar-refractivity contribution in [2.24, 2.45) is 7.05 Å². The molecule has 1 heterocycles. The normalized spacial score (nSPS) is 11.3. The lowest BCUT2D eigenvalue weighted by molar-refractivity contribution is -0.384. The largest absolute Gasteiger partial charge is 0.363 e. The highest BCUT2D eigenvalue weighted by molar-refractivity contribution is 5.59. The van der Waals surface area contributed by atoms with E-state index in [1.54, 1.807) is 11.7 Å². The molecule has 7 heteroatoms. The highest BCUT2D eigenvalue weighted by Gasteiger charge is 2.25. The lowest BCUT2D eigenvalue weighted by Gasteiger charge is -2.21. The van der Waals surface area contributed by atoms with Crippen molar-refractivity contribution in [1.29, 1.82) is 0 Å². The zero-order valence-electron chi connectivity index (χ0n) is 13.0. The molecule has 0 radical (unpaired) electrons. The van der Waals surface area contributed by atoms with Gasteiger partial charge >= 0.3 is 5.69 Å². The Balaban J connectivity index is 2.81. The van der Waals surface area contributed by atoms with Crippen LogP contribution in [0.2, 0.25) is 0 Å². The van der Waals surface area contributed by atoms with Crippen molar-refractivity contribution in [1.82, 2.24) is 14.7 Å². The molecule has 0 saturated heterocycles. The number of hydrogen-bond donors (Lipinski definition) is 1. The molecule has 0 aliphatic carbocycles. The summed E-state index contributed by atoms with van der Waals surface area (Å²) in [6, 6.07) is 0.453. The first kappa shape index (κ1) is 16.4. The van der Waals surface area contributed by atoms with Crippen molar-refractivity contribution in [3.8, 4) is 0 Å². The predicted molar refractivity (Wildman–Crippen MR) is 80.1 cm³/mol. The Kier molecular flexibility index (Phi) is 5.94. The van der Waals surface area contributed by atoms with E-state index < -0.39 is 0 Å². The molecule has 0 aliphatic rings. The van der Waals surface area contributed by atoms with Crippen molar-refractivity contribution >= 4 is 11.5 Å². The van der Waals surface area contributed by atoms with Gasteiger partial charge in [-0.05, 0) is 27.3 Å². The maximum absolute atomic E-state index is 11.2. The molecule has 0 amide bonds. The van der Waals surface area contributed by atoms with Crippen LogP contribution in [0.4, 0.5) is 11.5 Å². The van der Waals surface area contributed by atoms with Gasteiger partial charge in [0.05, 0.1) is 4.92 Å². The Morgan fingerprint density at radius 1 is 1.50 bits per heavy atom. The molecule has 114 valence electrons. The van der Waals surface area contributed by atoms with Crippen molar-refractivity contribution in [2.75, 3.05) is 25.5 Å². The third-order valence-corrected chi connectivity index (χ3v) is 3.40. The van der Waals surface area contributed by atoms with Crippen LogP contribution in [0.25, 0.3) is 0 Å². The summed E-state index contributed by atoms with van der Waals surface area (Å²) in [5, 5.41) is 18.6. The molecule has 0 aromatic carbocycles. The lowest BCUT2D eigenvalue weighted by Crippen LogP contribution is -2.31. The van der Waals surface area contributed by atoms with E-state index >= 15 is 0 Å². The highest BCUT2D eigenvalue weighted by Crippen LogP contribution is 2.28. The van der Waals surface area contributed by atoms with Gasteiger partial charge in [-0.2, -0.15) is 5.10 Å². The van der Waals surface area contributed by atoms with Crippen molar-refractivity contribution in [3.63, 3.8) is 0 Å². The first-order valence-electron chi connectivity index (χ1n) is 7.02. The van der Waals surface area contributed by atoms with Crippen molar-refractivity contribution in [2.45, 2.75) is 39.7 Å². The number of rotatable bonds is 8. The minimum absolute atomic E-state index is 0.113. The molecule has 1 aromatic rings. The summed E-state index contributed by atoms with van der Waals surface area (Å²) >= 11 is 0. The van der Waals surface area contributed by atoms with Crippen LogP contribution in [-0.4, -0.2) is 45.8 Å². The average Bonchev–Trinajstić information content (AvgIpc) is 2.66. The van der Waals surface area contributed by atoms with E-state index in [0.29, 0.717) is 30.5 Å². The molecule has 1 rings (SSSR count). The van der Waals surface area contributed by atoms with Crippen LogP contribution in [0.5, 0.6) is 0 Å². The Morgan fingerprint density at radius 3 is 2.65 bits per heavy atom. The molecule has 1 N–H and O–H groups in total. The molecular formula is C13H25N5O2. The molecule has 7 nitrogen and oxygen atoms in total. The van der Waals surface area contributed by atoms with Gasteiger partial charge in [-0.3, -0.25) is 10.1 Å². The molecule has 0 aliphatic heterocycles. The van der Waals surface area contributed by atoms with Gasteiger partial charge in [-0.1, -0.05) is 13.3 Å². The number of nitro groups is 1. The van der Waals surface area contributed by atoms with Crippen molar-refractivity contribution in [3.05, 3.63) is 15.8 Å². The smallest absolute Gasteiger partial charge is 0.333 e. The summed E-state index contributed by atoms with van der Waals surface area (Å²) in [6.45, 7) is 7.70. The minimum atomic E-state index is -0.341. The summed E-state index contributed by atoms with van der Waals surface area (Å²) in [5.41, 5.74) is 0.668. The fraction of sp³-hybridized carbons (Fsp3) is 0.769. The van der Waals surface area contributed by atoms with Crippen molar-refractivity contribution < 1.29 is 4.92 Å². The number of aryl methyl sites for hydroxylation is 2. The van der Waals surface area contributed by atoms with E-state index in [1.807, 2.05) is 14.0 Å². The first-order chi connectivity index (χ1) is 9.38. The summed E-state index contributed by atoms with van der Waals surface area (Å²) in [7, 11) is 3.77. The molecule has 1 aromatic heterocycles. The number of aromatic nitrogens is 2. The maximum Gasteiger partial charge on any atom is 0.333 e. The van der Waals surface area contributed by atoms with Crippen LogP contribution in [-0.2, 0) is 13.5 Å².